The van der Waals surface area contributed by atoms with Gasteiger partial charge in [-0.15, -0.1) is 0 Å². The molecule has 1 aliphatic heterocycles. The molecule has 0 bridgehead atoms. The summed E-state index contributed by atoms with van der Waals surface area (Å²) < 4.78 is 0. The van der Waals surface area contributed by atoms with Crippen LogP contribution in [0.15, 0.2) is 24.3 Å². The zero-order valence-corrected chi connectivity index (χ0v) is 10.6. The van der Waals surface area contributed by atoms with E-state index in [2.05, 4.69) is 36.1 Å². The lowest BCUT2D eigenvalue weighted by Gasteiger charge is -2.37. The maximum absolute atomic E-state index is 6.47. The molecule has 3 unspecified atom stereocenters. The number of benzene rings is 1. The van der Waals surface area contributed by atoms with Crippen LogP contribution in [-0.4, -0.2) is 24.0 Å². The molecule has 3 atom stereocenters. The smallest absolute Gasteiger partial charge is 0.0455 e. The minimum Gasteiger partial charge on any atom is -0.323 e. The van der Waals surface area contributed by atoms with Gasteiger partial charge in [0.05, 0.1) is 0 Å². The molecule has 1 fully saturated rings. The van der Waals surface area contributed by atoms with E-state index < -0.39 is 0 Å². The summed E-state index contributed by atoms with van der Waals surface area (Å²) in [5.74, 6) is 0.847. The van der Waals surface area contributed by atoms with Gasteiger partial charge < -0.3 is 5.73 Å². The number of likely N-dealkylation sites (tertiary alicyclic amines) is 1. The lowest BCUT2D eigenvalue weighted by atomic mass is 9.84. The summed E-state index contributed by atoms with van der Waals surface area (Å²) in [5, 5.41) is 0. The predicted molar refractivity (Wildman–Crippen MR) is 70.8 cm³/mol. The molecule has 0 aromatic heterocycles. The molecule has 1 aromatic carbocycles. The van der Waals surface area contributed by atoms with Gasteiger partial charge in [0, 0.05) is 18.6 Å². The minimum atomic E-state index is 0.213. The van der Waals surface area contributed by atoms with Gasteiger partial charge in [-0.3, -0.25) is 4.90 Å². The fourth-order valence-electron chi connectivity index (χ4n) is 3.46. The molecular formula is C15H22N2. The van der Waals surface area contributed by atoms with Crippen molar-refractivity contribution < 1.29 is 0 Å². The van der Waals surface area contributed by atoms with E-state index in [-0.39, 0.29) is 6.04 Å². The van der Waals surface area contributed by atoms with E-state index in [1.165, 1.54) is 43.5 Å². The molecule has 1 saturated heterocycles. The van der Waals surface area contributed by atoms with Crippen molar-refractivity contribution in [2.24, 2.45) is 11.7 Å². The highest BCUT2D eigenvalue weighted by Gasteiger charge is 2.33. The minimum absolute atomic E-state index is 0.213. The van der Waals surface area contributed by atoms with E-state index >= 15 is 0 Å². The zero-order chi connectivity index (χ0) is 11.8. The van der Waals surface area contributed by atoms with E-state index in [4.69, 9.17) is 5.73 Å². The first-order chi connectivity index (χ1) is 8.25. The van der Waals surface area contributed by atoms with Gasteiger partial charge in [0.15, 0.2) is 0 Å². The first-order valence-corrected chi connectivity index (χ1v) is 6.83. The molecule has 2 heteroatoms. The summed E-state index contributed by atoms with van der Waals surface area (Å²) in [6, 6.07) is 9.47. The van der Waals surface area contributed by atoms with Crippen LogP contribution in [0.2, 0.25) is 0 Å². The second-order valence-corrected chi connectivity index (χ2v) is 5.72. The molecular weight excluding hydrogens is 208 g/mol. The molecule has 0 saturated carbocycles. The van der Waals surface area contributed by atoms with Crippen LogP contribution in [-0.2, 0) is 6.42 Å². The first kappa shape index (κ1) is 11.2. The zero-order valence-electron chi connectivity index (χ0n) is 10.6. The molecule has 0 amide bonds. The van der Waals surface area contributed by atoms with Gasteiger partial charge in [-0.1, -0.05) is 31.2 Å². The van der Waals surface area contributed by atoms with Crippen molar-refractivity contribution in [3.63, 3.8) is 0 Å². The van der Waals surface area contributed by atoms with Crippen molar-refractivity contribution in [2.75, 3.05) is 13.1 Å². The van der Waals surface area contributed by atoms with Crippen molar-refractivity contribution in [1.82, 2.24) is 4.90 Å². The number of aryl methyl sites for hydroxylation is 1. The number of fused-ring (bicyclic) bond motifs is 1. The molecule has 1 aliphatic carbocycles. The Balaban J connectivity index is 1.82. The summed E-state index contributed by atoms with van der Waals surface area (Å²) in [6.45, 7) is 4.82. The Morgan fingerprint density at radius 2 is 2.06 bits per heavy atom. The second-order valence-electron chi connectivity index (χ2n) is 5.72. The largest absolute Gasteiger partial charge is 0.323 e. The Labute approximate surface area is 104 Å². The quantitative estimate of drug-likeness (QED) is 0.802. The number of rotatable bonds is 1. The summed E-state index contributed by atoms with van der Waals surface area (Å²) >= 11 is 0. The van der Waals surface area contributed by atoms with Crippen LogP contribution in [0.1, 0.15) is 36.9 Å². The van der Waals surface area contributed by atoms with E-state index in [0.717, 1.165) is 5.92 Å². The Morgan fingerprint density at radius 1 is 1.24 bits per heavy atom. The standard InChI is InChI=1S/C15H22N2/c1-11-8-9-17(10-11)14-7-6-12-4-2-3-5-13(12)15(14)16/h2-5,11,14-15H,6-10,16H2,1H3. The summed E-state index contributed by atoms with van der Waals surface area (Å²) in [6.07, 6.45) is 3.76. The Bertz CT molecular complexity index is 402. The van der Waals surface area contributed by atoms with Crippen LogP contribution < -0.4 is 5.73 Å². The summed E-state index contributed by atoms with van der Waals surface area (Å²) in [7, 11) is 0. The molecule has 0 spiro atoms. The Hall–Kier alpha value is -0.860. The van der Waals surface area contributed by atoms with Crippen LogP contribution in [0.3, 0.4) is 0 Å². The lowest BCUT2D eigenvalue weighted by Crippen LogP contribution is -2.44. The van der Waals surface area contributed by atoms with Crippen molar-refractivity contribution in [2.45, 2.75) is 38.3 Å². The second kappa shape index (κ2) is 4.43. The maximum Gasteiger partial charge on any atom is 0.0455 e. The van der Waals surface area contributed by atoms with Crippen molar-refractivity contribution in [3.05, 3.63) is 35.4 Å². The van der Waals surface area contributed by atoms with Gasteiger partial charge in [0.2, 0.25) is 0 Å². The molecule has 17 heavy (non-hydrogen) atoms. The van der Waals surface area contributed by atoms with Gasteiger partial charge in [-0.2, -0.15) is 0 Å². The van der Waals surface area contributed by atoms with Gasteiger partial charge in [-0.25, -0.2) is 0 Å². The number of nitrogens with two attached hydrogens (primary N) is 1. The van der Waals surface area contributed by atoms with Crippen LogP contribution in [0, 0.1) is 5.92 Å². The maximum atomic E-state index is 6.47. The highest BCUT2D eigenvalue weighted by Crippen LogP contribution is 2.33. The molecule has 2 nitrogen and oxygen atoms in total. The summed E-state index contributed by atoms with van der Waals surface area (Å²) in [5.41, 5.74) is 9.31. The van der Waals surface area contributed by atoms with Crippen LogP contribution in [0.5, 0.6) is 0 Å². The van der Waals surface area contributed by atoms with Gasteiger partial charge in [-0.05, 0) is 42.9 Å². The van der Waals surface area contributed by atoms with Crippen LogP contribution in [0.25, 0.3) is 0 Å². The average molecular weight is 230 g/mol. The molecule has 92 valence electrons. The molecule has 2 N–H and O–H groups in total. The van der Waals surface area contributed by atoms with Crippen molar-refractivity contribution >= 4 is 0 Å². The van der Waals surface area contributed by atoms with E-state index in [9.17, 15) is 0 Å². The highest BCUT2D eigenvalue weighted by molar-refractivity contribution is 5.33. The normalized spacial score (nSPS) is 33.6. The van der Waals surface area contributed by atoms with Gasteiger partial charge >= 0.3 is 0 Å². The third kappa shape index (κ3) is 2.00. The first-order valence-electron chi connectivity index (χ1n) is 6.83. The van der Waals surface area contributed by atoms with E-state index in [1.807, 2.05) is 0 Å². The number of nitrogens with zero attached hydrogens (tertiary/aromatic N) is 1. The van der Waals surface area contributed by atoms with Crippen LogP contribution >= 0.6 is 0 Å². The van der Waals surface area contributed by atoms with Gasteiger partial charge in [0.1, 0.15) is 0 Å². The highest BCUT2D eigenvalue weighted by atomic mass is 15.2. The third-order valence-corrected chi connectivity index (χ3v) is 4.46. The Kier molecular flexibility index (Phi) is 2.93. The monoisotopic (exact) mass is 230 g/mol. The molecule has 3 rings (SSSR count). The van der Waals surface area contributed by atoms with E-state index in [1.54, 1.807) is 0 Å². The van der Waals surface area contributed by atoms with Crippen molar-refractivity contribution in [1.29, 1.82) is 0 Å². The van der Waals surface area contributed by atoms with E-state index in [0.29, 0.717) is 6.04 Å². The van der Waals surface area contributed by atoms with Gasteiger partial charge in [0.25, 0.3) is 0 Å². The van der Waals surface area contributed by atoms with Crippen LogP contribution in [0.4, 0.5) is 0 Å². The topological polar surface area (TPSA) is 29.3 Å². The Morgan fingerprint density at radius 3 is 2.82 bits per heavy atom. The fraction of sp³-hybridized carbons (Fsp3) is 0.600. The average Bonchev–Trinajstić information content (AvgIpc) is 2.77. The molecule has 2 aliphatic rings. The number of hydrogen-bond acceptors (Lipinski definition) is 2. The molecule has 0 radical (unpaired) electrons. The molecule has 1 heterocycles. The number of hydrogen-bond donors (Lipinski definition) is 1. The fourth-order valence-corrected chi connectivity index (χ4v) is 3.46. The lowest BCUT2D eigenvalue weighted by molar-refractivity contribution is 0.186. The SMILES string of the molecule is CC1CCN(C2CCc3ccccc3C2N)C1. The summed E-state index contributed by atoms with van der Waals surface area (Å²) in [4.78, 5) is 2.62. The van der Waals surface area contributed by atoms with Crippen molar-refractivity contribution in [3.8, 4) is 0 Å². The third-order valence-electron chi connectivity index (χ3n) is 4.46. The predicted octanol–water partition coefficient (Wildman–Crippen LogP) is 2.34. The molecule has 1 aromatic rings.